The van der Waals surface area contributed by atoms with Gasteiger partial charge in [0.1, 0.15) is 16.1 Å². The second-order valence-electron chi connectivity index (χ2n) is 9.38. The maximum Gasteiger partial charge on any atom is 0.435 e. The van der Waals surface area contributed by atoms with Gasteiger partial charge in [-0.3, -0.25) is 4.79 Å². The normalized spacial score (nSPS) is 20.4. The van der Waals surface area contributed by atoms with Crippen molar-refractivity contribution in [3.05, 3.63) is 45.4 Å². The van der Waals surface area contributed by atoms with Gasteiger partial charge >= 0.3 is 12.1 Å². The molecule has 1 saturated heterocycles. The van der Waals surface area contributed by atoms with Crippen molar-refractivity contribution in [2.75, 3.05) is 26.7 Å². The average Bonchev–Trinajstić information content (AvgIpc) is 3.56. The zero-order valence-corrected chi connectivity index (χ0v) is 23.9. The highest BCUT2D eigenvalue weighted by Crippen LogP contribution is 2.33. The molecule has 1 aromatic carbocycles. The van der Waals surface area contributed by atoms with Gasteiger partial charge in [-0.1, -0.05) is 0 Å². The van der Waals surface area contributed by atoms with Crippen LogP contribution in [-0.4, -0.2) is 90.3 Å². The number of amidine groups is 1. The standard InChI is InChI=1S/C24H26N6O7S3/c1-12-7-15-18(10-26-12)39-21(27-15)22(31)30-6-5-29(11-16(30)23(32)33)40(35,36)19-9-14-8-13(3-4-17(14)38-19)20(25)28-24(34)37-2/h3-4,8-9,12,16,26H,5-7,10-11H2,1-2H3,(H,32,33)(H2,25,28,34). The van der Waals surface area contributed by atoms with Crippen molar-refractivity contribution in [2.45, 2.75) is 36.2 Å². The fourth-order valence-electron chi connectivity index (χ4n) is 4.60. The van der Waals surface area contributed by atoms with E-state index in [9.17, 15) is 27.9 Å². The van der Waals surface area contributed by atoms with Gasteiger partial charge in [-0.05, 0) is 36.6 Å². The molecule has 0 spiro atoms. The summed E-state index contributed by atoms with van der Waals surface area (Å²) in [5.41, 5.74) is 7.10. The first-order valence-electron chi connectivity index (χ1n) is 12.2. The first kappa shape index (κ1) is 28.1. The number of nitrogens with zero attached hydrogens (tertiary/aromatic N) is 4. The van der Waals surface area contributed by atoms with Crippen LogP contribution in [0.4, 0.5) is 4.79 Å². The summed E-state index contributed by atoms with van der Waals surface area (Å²) in [5.74, 6) is -1.90. The molecule has 2 amide bonds. The monoisotopic (exact) mass is 606 g/mol. The van der Waals surface area contributed by atoms with Gasteiger partial charge in [0.2, 0.25) is 0 Å². The number of nitrogens with two attached hydrogens (primary N) is 1. The van der Waals surface area contributed by atoms with E-state index in [1.54, 1.807) is 18.2 Å². The molecule has 13 nitrogen and oxygen atoms in total. The molecule has 0 bridgehead atoms. The first-order chi connectivity index (χ1) is 19.0. The molecule has 2 aliphatic heterocycles. The number of aliphatic carboxylic acids is 1. The highest BCUT2D eigenvalue weighted by atomic mass is 32.2. The summed E-state index contributed by atoms with van der Waals surface area (Å²) >= 11 is 2.26. The van der Waals surface area contributed by atoms with Crippen LogP contribution in [0, 0.1) is 0 Å². The third-order valence-corrected chi connectivity index (χ3v) is 11.2. The van der Waals surface area contributed by atoms with Crippen LogP contribution in [-0.2, 0) is 32.5 Å². The molecule has 2 aliphatic rings. The fourth-order valence-corrected chi connectivity index (χ4v) is 8.56. The number of hydrogen-bond acceptors (Lipinski definition) is 10. The van der Waals surface area contributed by atoms with Gasteiger partial charge in [0, 0.05) is 53.8 Å². The number of thiophene rings is 1. The lowest BCUT2D eigenvalue weighted by molar-refractivity contribution is -0.143. The Morgan fingerprint density at radius 2 is 2.00 bits per heavy atom. The number of methoxy groups -OCH3 is 1. The van der Waals surface area contributed by atoms with Crippen molar-refractivity contribution in [2.24, 2.45) is 10.7 Å². The van der Waals surface area contributed by atoms with E-state index in [0.717, 1.165) is 26.2 Å². The van der Waals surface area contributed by atoms with Crippen molar-refractivity contribution < 1.29 is 32.6 Å². The second-order valence-corrected chi connectivity index (χ2v) is 13.7. The summed E-state index contributed by atoms with van der Waals surface area (Å²) in [7, 11) is -2.90. The van der Waals surface area contributed by atoms with Gasteiger partial charge in [0.25, 0.3) is 15.9 Å². The number of sulfonamides is 1. The first-order valence-corrected chi connectivity index (χ1v) is 15.3. The van der Waals surface area contributed by atoms with Gasteiger partial charge in [-0.2, -0.15) is 9.30 Å². The average molecular weight is 607 g/mol. The predicted octanol–water partition coefficient (Wildman–Crippen LogP) is 1.46. The number of aliphatic imine (C=N–C) groups is 1. The zero-order chi connectivity index (χ0) is 28.8. The largest absolute Gasteiger partial charge is 0.480 e. The molecule has 40 heavy (non-hydrogen) atoms. The van der Waals surface area contributed by atoms with Gasteiger partial charge in [0.05, 0.1) is 12.8 Å². The number of nitrogens with one attached hydrogen (secondary N) is 1. The summed E-state index contributed by atoms with van der Waals surface area (Å²) in [6, 6.07) is 5.19. The molecule has 1 fully saturated rings. The van der Waals surface area contributed by atoms with Crippen LogP contribution in [0.2, 0.25) is 0 Å². The van der Waals surface area contributed by atoms with Gasteiger partial charge in [0.15, 0.2) is 5.01 Å². The number of amides is 2. The number of carboxylic acid groups (broad SMARTS) is 1. The van der Waals surface area contributed by atoms with E-state index in [1.807, 2.05) is 6.92 Å². The second kappa shape index (κ2) is 10.9. The van der Waals surface area contributed by atoms with Crippen LogP contribution >= 0.6 is 22.7 Å². The van der Waals surface area contributed by atoms with E-state index in [0.29, 0.717) is 28.6 Å². The Bertz CT molecular complexity index is 1650. The number of ether oxygens (including phenoxy) is 1. The number of aromatic nitrogens is 1. The van der Waals surface area contributed by atoms with Crippen LogP contribution in [0.1, 0.15) is 32.9 Å². The summed E-state index contributed by atoms with van der Waals surface area (Å²) in [5, 5.41) is 14.0. The summed E-state index contributed by atoms with van der Waals surface area (Å²) in [6.45, 7) is 2.06. The molecule has 4 N–H and O–H groups in total. The number of fused-ring (bicyclic) bond motifs is 2. The molecule has 16 heteroatoms. The number of benzene rings is 1. The molecule has 2 aromatic heterocycles. The molecule has 0 radical (unpaired) electrons. The van der Waals surface area contributed by atoms with Crippen molar-refractivity contribution in [3.63, 3.8) is 0 Å². The smallest absolute Gasteiger partial charge is 0.435 e. The summed E-state index contributed by atoms with van der Waals surface area (Å²) in [4.78, 5) is 47.1. The molecule has 3 aromatic rings. The maximum atomic E-state index is 13.6. The highest BCUT2D eigenvalue weighted by molar-refractivity contribution is 7.91. The van der Waals surface area contributed by atoms with E-state index in [1.165, 1.54) is 29.4 Å². The molecule has 2 atom stereocenters. The van der Waals surface area contributed by atoms with Crippen molar-refractivity contribution in [1.29, 1.82) is 0 Å². The van der Waals surface area contributed by atoms with Gasteiger partial charge < -0.3 is 25.8 Å². The fraction of sp³-hybridized carbons (Fsp3) is 0.375. The molecule has 5 rings (SSSR count). The molecular formula is C24H26N6O7S3. The van der Waals surface area contributed by atoms with Crippen LogP contribution in [0.5, 0.6) is 0 Å². The molecule has 4 heterocycles. The molecule has 0 saturated carbocycles. The Labute approximate surface area is 237 Å². The Kier molecular flexibility index (Phi) is 7.62. The minimum Gasteiger partial charge on any atom is -0.480 e. The Morgan fingerprint density at radius 1 is 1.23 bits per heavy atom. The number of rotatable bonds is 5. The highest BCUT2D eigenvalue weighted by Gasteiger charge is 2.41. The SMILES string of the molecule is COC(=O)N=C(N)c1ccc2sc(S(=O)(=O)N3CCN(C(=O)c4nc5c(s4)CNC(C)C5)C(C(=O)O)C3)cc2c1. The lowest BCUT2D eigenvalue weighted by atomic mass is 10.1. The van der Waals surface area contributed by atoms with Gasteiger partial charge in [-0.15, -0.1) is 22.7 Å². The summed E-state index contributed by atoms with van der Waals surface area (Å²) < 4.78 is 33.3. The number of hydrogen-bond donors (Lipinski definition) is 3. The van der Waals surface area contributed by atoms with Crippen LogP contribution in [0.25, 0.3) is 10.1 Å². The van der Waals surface area contributed by atoms with E-state index in [4.69, 9.17) is 5.73 Å². The number of carboxylic acids is 1. The van der Waals surface area contributed by atoms with Crippen molar-refractivity contribution >= 4 is 66.6 Å². The lowest BCUT2D eigenvalue weighted by Gasteiger charge is -2.37. The van der Waals surface area contributed by atoms with E-state index in [-0.39, 0.29) is 34.2 Å². The van der Waals surface area contributed by atoms with Crippen LogP contribution in [0.15, 0.2) is 33.5 Å². The predicted molar refractivity (Wildman–Crippen MR) is 148 cm³/mol. The molecule has 2 unspecified atom stereocenters. The number of piperazine rings is 1. The van der Waals surface area contributed by atoms with Gasteiger partial charge in [-0.25, -0.2) is 23.0 Å². The maximum absolute atomic E-state index is 13.6. The third-order valence-electron chi connectivity index (χ3n) is 6.73. The minimum atomic E-state index is -4.07. The van der Waals surface area contributed by atoms with E-state index >= 15 is 0 Å². The quantitative estimate of drug-likeness (QED) is 0.284. The topological polar surface area (TPSA) is 185 Å². The van der Waals surface area contributed by atoms with Crippen LogP contribution in [0.3, 0.4) is 0 Å². The third kappa shape index (κ3) is 5.32. The Hall–Kier alpha value is -3.44. The molecule has 212 valence electrons. The number of carbonyl (C=O) groups excluding carboxylic acids is 2. The number of carbonyl (C=O) groups is 3. The Balaban J connectivity index is 1.37. The molecular weight excluding hydrogens is 581 g/mol. The zero-order valence-electron chi connectivity index (χ0n) is 21.5. The summed E-state index contributed by atoms with van der Waals surface area (Å²) in [6.07, 6.45) is -0.188. The van der Waals surface area contributed by atoms with Crippen molar-refractivity contribution in [3.8, 4) is 0 Å². The Morgan fingerprint density at radius 3 is 2.73 bits per heavy atom. The minimum absolute atomic E-state index is 0.0151. The van der Waals surface area contributed by atoms with Crippen LogP contribution < -0.4 is 11.1 Å². The number of thiazole rings is 1. The van der Waals surface area contributed by atoms with Crippen molar-refractivity contribution in [1.82, 2.24) is 19.5 Å². The lowest BCUT2D eigenvalue weighted by Crippen LogP contribution is -2.59. The van der Waals surface area contributed by atoms with E-state index < -0.39 is 40.6 Å². The molecule has 0 aliphatic carbocycles. The van der Waals surface area contributed by atoms with E-state index in [2.05, 4.69) is 20.0 Å².